The van der Waals surface area contributed by atoms with Crippen LogP contribution in [0.15, 0.2) is 16.7 Å². The summed E-state index contributed by atoms with van der Waals surface area (Å²) in [6.45, 7) is 4.05. The molecule has 8 heteroatoms. The molecule has 0 aliphatic heterocycles. The van der Waals surface area contributed by atoms with Gasteiger partial charge in [-0.1, -0.05) is 20.3 Å². The Labute approximate surface area is 113 Å². The van der Waals surface area contributed by atoms with Crippen molar-refractivity contribution >= 4 is 0 Å². The first kappa shape index (κ1) is 14.5. The molecular formula is C12H15F3N4O. The quantitative estimate of drug-likeness (QED) is 0.841. The van der Waals surface area contributed by atoms with Gasteiger partial charge in [0.1, 0.15) is 5.69 Å². The van der Waals surface area contributed by atoms with Crippen LogP contribution < -0.4 is 0 Å². The van der Waals surface area contributed by atoms with Gasteiger partial charge in [0, 0.05) is 12.1 Å². The number of halogens is 3. The monoisotopic (exact) mass is 288 g/mol. The summed E-state index contributed by atoms with van der Waals surface area (Å²) in [7, 11) is 0. The molecule has 0 fully saturated rings. The molecular weight excluding hydrogens is 273 g/mol. The van der Waals surface area contributed by atoms with E-state index in [2.05, 4.69) is 15.3 Å². The van der Waals surface area contributed by atoms with E-state index in [1.807, 2.05) is 13.8 Å². The highest BCUT2D eigenvalue weighted by Gasteiger charge is 2.32. The van der Waals surface area contributed by atoms with Gasteiger partial charge in [-0.05, 0) is 18.9 Å². The summed E-state index contributed by atoms with van der Waals surface area (Å²) in [5, 5.41) is 11.1. The topological polar surface area (TPSA) is 56.7 Å². The Balaban J connectivity index is 2.22. The standard InChI is InChI=1S/C12H15F3N4O/c1-3-5-8(4-2)10-16-17-11(20-10)9-6-7-19(18-9)12(13,14)15/h6-8H,3-5H2,1-2H3. The first-order valence-electron chi connectivity index (χ1n) is 6.42. The normalized spacial score (nSPS) is 13.7. The fourth-order valence-corrected chi connectivity index (χ4v) is 1.93. The van der Waals surface area contributed by atoms with Crippen LogP contribution in [-0.4, -0.2) is 20.0 Å². The van der Waals surface area contributed by atoms with E-state index in [1.165, 1.54) is 6.07 Å². The molecule has 1 atom stereocenters. The maximum absolute atomic E-state index is 12.4. The van der Waals surface area contributed by atoms with Crippen molar-refractivity contribution in [3.05, 3.63) is 18.2 Å². The van der Waals surface area contributed by atoms with Crippen LogP contribution in [0.3, 0.4) is 0 Å². The van der Waals surface area contributed by atoms with Gasteiger partial charge >= 0.3 is 6.30 Å². The smallest absolute Gasteiger partial charge is 0.419 e. The lowest BCUT2D eigenvalue weighted by Crippen LogP contribution is -2.16. The third kappa shape index (κ3) is 3.00. The maximum atomic E-state index is 12.4. The molecule has 0 radical (unpaired) electrons. The minimum atomic E-state index is -4.55. The molecule has 2 aromatic rings. The Morgan fingerprint density at radius 2 is 2.05 bits per heavy atom. The van der Waals surface area contributed by atoms with Crippen LogP contribution in [0, 0.1) is 0 Å². The predicted molar refractivity (Wildman–Crippen MR) is 64.8 cm³/mol. The summed E-state index contributed by atoms with van der Waals surface area (Å²) >= 11 is 0. The fourth-order valence-electron chi connectivity index (χ4n) is 1.93. The van der Waals surface area contributed by atoms with E-state index in [1.54, 1.807) is 0 Å². The molecule has 0 bridgehead atoms. The van der Waals surface area contributed by atoms with Crippen LogP contribution in [-0.2, 0) is 6.30 Å². The zero-order chi connectivity index (χ0) is 14.8. The molecule has 2 aromatic heterocycles. The van der Waals surface area contributed by atoms with E-state index >= 15 is 0 Å². The van der Waals surface area contributed by atoms with E-state index in [-0.39, 0.29) is 22.2 Å². The summed E-state index contributed by atoms with van der Waals surface area (Å²) < 4.78 is 42.7. The summed E-state index contributed by atoms with van der Waals surface area (Å²) in [4.78, 5) is 0. The van der Waals surface area contributed by atoms with Crippen molar-refractivity contribution in [2.45, 2.75) is 45.3 Å². The molecule has 0 aliphatic rings. The highest BCUT2D eigenvalue weighted by molar-refractivity contribution is 5.44. The summed E-state index contributed by atoms with van der Waals surface area (Å²) in [6.07, 6.45) is -1.02. The molecule has 5 nitrogen and oxygen atoms in total. The van der Waals surface area contributed by atoms with Crippen LogP contribution in [0.25, 0.3) is 11.6 Å². The lowest BCUT2D eigenvalue weighted by Gasteiger charge is -2.07. The van der Waals surface area contributed by atoms with Gasteiger partial charge in [-0.2, -0.15) is 9.78 Å². The number of aromatic nitrogens is 4. The molecule has 0 aromatic carbocycles. The number of hydrogen-bond donors (Lipinski definition) is 0. The second-order valence-corrected chi connectivity index (χ2v) is 4.45. The maximum Gasteiger partial charge on any atom is 0.504 e. The van der Waals surface area contributed by atoms with Crippen molar-refractivity contribution in [1.29, 1.82) is 0 Å². The molecule has 0 spiro atoms. The van der Waals surface area contributed by atoms with Crippen LogP contribution in [0.2, 0.25) is 0 Å². The number of hydrogen-bond acceptors (Lipinski definition) is 4. The minimum absolute atomic E-state index is 0.0116. The van der Waals surface area contributed by atoms with E-state index in [0.717, 1.165) is 25.5 Å². The summed E-state index contributed by atoms with van der Waals surface area (Å²) in [5.74, 6) is 0.592. The van der Waals surface area contributed by atoms with E-state index < -0.39 is 6.30 Å². The van der Waals surface area contributed by atoms with Crippen molar-refractivity contribution in [1.82, 2.24) is 20.0 Å². The number of nitrogens with zero attached hydrogens (tertiary/aromatic N) is 4. The summed E-state index contributed by atoms with van der Waals surface area (Å²) in [5.41, 5.74) is 0.0208. The Morgan fingerprint density at radius 3 is 2.60 bits per heavy atom. The molecule has 0 saturated carbocycles. The third-order valence-corrected chi connectivity index (χ3v) is 2.99. The van der Waals surface area contributed by atoms with Gasteiger partial charge in [-0.3, -0.25) is 0 Å². The summed E-state index contributed by atoms with van der Waals surface area (Å²) in [6, 6.07) is 1.20. The van der Waals surface area contributed by atoms with Crippen molar-refractivity contribution in [2.75, 3.05) is 0 Å². The van der Waals surface area contributed by atoms with Gasteiger partial charge < -0.3 is 4.42 Å². The van der Waals surface area contributed by atoms with E-state index in [4.69, 9.17) is 4.42 Å². The first-order chi connectivity index (χ1) is 9.45. The Hall–Kier alpha value is -1.86. The molecule has 110 valence electrons. The molecule has 20 heavy (non-hydrogen) atoms. The van der Waals surface area contributed by atoms with Crippen molar-refractivity contribution in [3.63, 3.8) is 0 Å². The van der Waals surface area contributed by atoms with E-state index in [9.17, 15) is 13.2 Å². The molecule has 0 aliphatic carbocycles. The first-order valence-corrected chi connectivity index (χ1v) is 6.42. The number of rotatable bonds is 5. The predicted octanol–water partition coefficient (Wildman–Crippen LogP) is 3.70. The van der Waals surface area contributed by atoms with Crippen LogP contribution in [0.1, 0.15) is 44.9 Å². The number of alkyl halides is 3. The van der Waals surface area contributed by atoms with Gasteiger partial charge in [0.2, 0.25) is 5.89 Å². The molecule has 0 saturated heterocycles. The largest absolute Gasteiger partial charge is 0.504 e. The Morgan fingerprint density at radius 1 is 1.30 bits per heavy atom. The highest BCUT2D eigenvalue weighted by Crippen LogP contribution is 2.27. The lowest BCUT2D eigenvalue weighted by atomic mass is 10.0. The van der Waals surface area contributed by atoms with Gasteiger partial charge in [0.15, 0.2) is 0 Å². The van der Waals surface area contributed by atoms with Crippen molar-refractivity contribution < 1.29 is 17.6 Å². The molecule has 0 N–H and O–H groups in total. The van der Waals surface area contributed by atoms with Crippen LogP contribution >= 0.6 is 0 Å². The second-order valence-electron chi connectivity index (χ2n) is 4.45. The fraction of sp³-hybridized carbons (Fsp3) is 0.583. The minimum Gasteiger partial charge on any atom is -0.419 e. The van der Waals surface area contributed by atoms with Crippen molar-refractivity contribution in [2.24, 2.45) is 0 Å². The molecule has 2 rings (SSSR count). The highest BCUT2D eigenvalue weighted by atomic mass is 19.4. The molecule has 2 heterocycles. The molecule has 0 amide bonds. The Bertz CT molecular complexity index is 561. The second kappa shape index (κ2) is 5.64. The molecule has 1 unspecified atom stereocenters. The van der Waals surface area contributed by atoms with Crippen LogP contribution in [0.5, 0.6) is 0 Å². The van der Waals surface area contributed by atoms with Gasteiger partial charge in [-0.25, -0.2) is 0 Å². The lowest BCUT2D eigenvalue weighted by molar-refractivity contribution is -0.212. The van der Waals surface area contributed by atoms with E-state index in [0.29, 0.717) is 5.89 Å². The Kier molecular flexibility index (Phi) is 4.10. The van der Waals surface area contributed by atoms with Crippen molar-refractivity contribution in [3.8, 4) is 11.6 Å². The SMILES string of the molecule is CCCC(CC)c1nnc(-c2ccn(C(F)(F)F)n2)o1. The van der Waals surface area contributed by atoms with Gasteiger partial charge in [0.05, 0.1) is 0 Å². The average molecular weight is 288 g/mol. The zero-order valence-corrected chi connectivity index (χ0v) is 11.2. The van der Waals surface area contributed by atoms with Crippen LogP contribution in [0.4, 0.5) is 13.2 Å². The average Bonchev–Trinajstić information content (AvgIpc) is 3.02. The zero-order valence-electron chi connectivity index (χ0n) is 11.2. The van der Waals surface area contributed by atoms with Gasteiger partial charge in [0.25, 0.3) is 5.89 Å². The third-order valence-electron chi connectivity index (χ3n) is 2.99. The van der Waals surface area contributed by atoms with Gasteiger partial charge in [-0.15, -0.1) is 23.4 Å².